The number of benzene rings is 2. The molecule has 3 nitrogen and oxygen atoms in total. The Bertz CT molecular complexity index is 494. The molecular formula is C18H22O3. The van der Waals surface area contributed by atoms with E-state index in [4.69, 9.17) is 14.6 Å². The monoisotopic (exact) mass is 286 g/mol. The molecule has 0 aliphatic heterocycles. The molecule has 0 aliphatic carbocycles. The van der Waals surface area contributed by atoms with E-state index in [1.807, 2.05) is 54.6 Å². The SMILES string of the molecule is OCCCCCOc1ccc(OCc2ccccc2)cc1. The van der Waals surface area contributed by atoms with Gasteiger partial charge in [-0.3, -0.25) is 0 Å². The first kappa shape index (κ1) is 15.4. The maximum atomic E-state index is 8.69. The van der Waals surface area contributed by atoms with Crippen molar-refractivity contribution in [3.63, 3.8) is 0 Å². The van der Waals surface area contributed by atoms with Crippen LogP contribution in [0.1, 0.15) is 24.8 Å². The van der Waals surface area contributed by atoms with Crippen molar-refractivity contribution in [3.05, 3.63) is 60.2 Å². The Morgan fingerprint density at radius 2 is 1.38 bits per heavy atom. The molecule has 2 rings (SSSR count). The minimum Gasteiger partial charge on any atom is -0.494 e. The highest BCUT2D eigenvalue weighted by atomic mass is 16.5. The predicted octanol–water partition coefficient (Wildman–Crippen LogP) is 3.81. The van der Waals surface area contributed by atoms with Gasteiger partial charge in [-0.1, -0.05) is 30.3 Å². The number of aliphatic hydroxyl groups is 1. The van der Waals surface area contributed by atoms with Gasteiger partial charge in [0.25, 0.3) is 0 Å². The maximum absolute atomic E-state index is 8.69. The minimum absolute atomic E-state index is 0.257. The lowest BCUT2D eigenvalue weighted by molar-refractivity contribution is 0.265. The van der Waals surface area contributed by atoms with Gasteiger partial charge in [0.1, 0.15) is 18.1 Å². The van der Waals surface area contributed by atoms with Gasteiger partial charge in [0, 0.05) is 6.61 Å². The molecule has 2 aromatic carbocycles. The van der Waals surface area contributed by atoms with Crippen LogP contribution in [-0.2, 0) is 6.61 Å². The maximum Gasteiger partial charge on any atom is 0.120 e. The summed E-state index contributed by atoms with van der Waals surface area (Å²) < 4.78 is 11.4. The van der Waals surface area contributed by atoms with Gasteiger partial charge in [-0.25, -0.2) is 0 Å². The zero-order valence-electron chi connectivity index (χ0n) is 12.2. The molecule has 112 valence electrons. The molecule has 0 aliphatic rings. The van der Waals surface area contributed by atoms with Gasteiger partial charge < -0.3 is 14.6 Å². The second kappa shape index (κ2) is 9.03. The molecule has 0 atom stereocenters. The topological polar surface area (TPSA) is 38.7 Å². The highest BCUT2D eigenvalue weighted by molar-refractivity contribution is 5.31. The number of rotatable bonds is 9. The lowest BCUT2D eigenvalue weighted by Gasteiger charge is -2.08. The second-order valence-electron chi connectivity index (χ2n) is 4.88. The lowest BCUT2D eigenvalue weighted by Crippen LogP contribution is -1.98. The molecule has 21 heavy (non-hydrogen) atoms. The van der Waals surface area contributed by atoms with Crippen LogP contribution < -0.4 is 9.47 Å². The van der Waals surface area contributed by atoms with Crippen molar-refractivity contribution in [1.82, 2.24) is 0 Å². The van der Waals surface area contributed by atoms with Crippen LogP contribution >= 0.6 is 0 Å². The molecule has 0 radical (unpaired) electrons. The van der Waals surface area contributed by atoms with E-state index in [-0.39, 0.29) is 6.61 Å². The lowest BCUT2D eigenvalue weighted by atomic mass is 10.2. The van der Waals surface area contributed by atoms with E-state index in [0.29, 0.717) is 13.2 Å². The number of hydrogen-bond donors (Lipinski definition) is 1. The van der Waals surface area contributed by atoms with Gasteiger partial charge in [-0.05, 0) is 49.1 Å². The van der Waals surface area contributed by atoms with E-state index in [9.17, 15) is 0 Å². The summed E-state index contributed by atoms with van der Waals surface area (Å²) in [5.41, 5.74) is 1.15. The molecule has 0 saturated heterocycles. The minimum atomic E-state index is 0.257. The molecule has 0 aromatic heterocycles. The van der Waals surface area contributed by atoms with Crippen LogP contribution in [0, 0.1) is 0 Å². The van der Waals surface area contributed by atoms with E-state index in [2.05, 4.69) is 0 Å². The number of aliphatic hydroxyl groups excluding tert-OH is 1. The highest BCUT2D eigenvalue weighted by Crippen LogP contribution is 2.19. The van der Waals surface area contributed by atoms with E-state index < -0.39 is 0 Å². The molecule has 0 heterocycles. The van der Waals surface area contributed by atoms with Crippen LogP contribution in [0.5, 0.6) is 11.5 Å². The average molecular weight is 286 g/mol. The summed E-state index contributed by atoms with van der Waals surface area (Å²) in [6, 6.07) is 17.8. The summed E-state index contributed by atoms with van der Waals surface area (Å²) in [6.45, 7) is 1.51. The molecule has 0 unspecified atom stereocenters. The van der Waals surface area contributed by atoms with Gasteiger partial charge in [-0.15, -0.1) is 0 Å². The number of hydrogen-bond acceptors (Lipinski definition) is 3. The largest absolute Gasteiger partial charge is 0.494 e. The highest BCUT2D eigenvalue weighted by Gasteiger charge is 1.98. The zero-order valence-corrected chi connectivity index (χ0v) is 12.2. The fraction of sp³-hybridized carbons (Fsp3) is 0.333. The Morgan fingerprint density at radius 3 is 2.05 bits per heavy atom. The molecule has 0 fully saturated rings. The third-order valence-corrected chi connectivity index (χ3v) is 3.14. The normalized spacial score (nSPS) is 10.3. The Kier molecular flexibility index (Phi) is 6.62. The molecule has 0 saturated carbocycles. The van der Waals surface area contributed by atoms with Crippen LogP contribution in [0.2, 0.25) is 0 Å². The Hall–Kier alpha value is -2.00. The van der Waals surface area contributed by atoms with Crippen molar-refractivity contribution in [2.75, 3.05) is 13.2 Å². The van der Waals surface area contributed by atoms with Crippen LogP contribution in [0.4, 0.5) is 0 Å². The molecule has 2 aromatic rings. The van der Waals surface area contributed by atoms with Gasteiger partial charge >= 0.3 is 0 Å². The Morgan fingerprint density at radius 1 is 0.714 bits per heavy atom. The molecule has 0 spiro atoms. The Balaban J connectivity index is 1.71. The van der Waals surface area contributed by atoms with Crippen molar-refractivity contribution in [2.45, 2.75) is 25.9 Å². The van der Waals surface area contributed by atoms with Crippen molar-refractivity contribution < 1.29 is 14.6 Å². The van der Waals surface area contributed by atoms with E-state index in [0.717, 1.165) is 36.3 Å². The third-order valence-electron chi connectivity index (χ3n) is 3.14. The van der Waals surface area contributed by atoms with Crippen molar-refractivity contribution in [2.24, 2.45) is 0 Å². The van der Waals surface area contributed by atoms with Gasteiger partial charge in [-0.2, -0.15) is 0 Å². The quantitative estimate of drug-likeness (QED) is 0.712. The predicted molar refractivity (Wildman–Crippen MR) is 83.6 cm³/mol. The summed E-state index contributed by atoms with van der Waals surface area (Å²) >= 11 is 0. The Labute approximate surface area is 126 Å². The molecule has 3 heteroatoms. The summed E-state index contributed by atoms with van der Waals surface area (Å²) in [5, 5.41) is 8.69. The van der Waals surface area contributed by atoms with Crippen LogP contribution in [0.3, 0.4) is 0 Å². The van der Waals surface area contributed by atoms with E-state index in [1.54, 1.807) is 0 Å². The first-order chi connectivity index (χ1) is 10.4. The average Bonchev–Trinajstić information content (AvgIpc) is 2.55. The fourth-order valence-corrected chi connectivity index (χ4v) is 1.95. The van der Waals surface area contributed by atoms with E-state index in [1.165, 1.54) is 0 Å². The molecular weight excluding hydrogens is 264 g/mol. The summed E-state index contributed by atoms with van der Waals surface area (Å²) in [5.74, 6) is 1.69. The first-order valence-corrected chi connectivity index (χ1v) is 7.39. The second-order valence-corrected chi connectivity index (χ2v) is 4.88. The van der Waals surface area contributed by atoms with Crippen molar-refractivity contribution >= 4 is 0 Å². The summed E-state index contributed by atoms with van der Waals surface area (Å²) in [4.78, 5) is 0. The summed E-state index contributed by atoms with van der Waals surface area (Å²) in [6.07, 6.45) is 2.80. The molecule has 1 N–H and O–H groups in total. The van der Waals surface area contributed by atoms with Crippen molar-refractivity contribution in [1.29, 1.82) is 0 Å². The van der Waals surface area contributed by atoms with Gasteiger partial charge in [0.05, 0.1) is 6.61 Å². The first-order valence-electron chi connectivity index (χ1n) is 7.39. The molecule has 0 bridgehead atoms. The molecule has 0 amide bonds. The smallest absolute Gasteiger partial charge is 0.120 e. The summed E-state index contributed by atoms with van der Waals surface area (Å²) in [7, 11) is 0. The fourth-order valence-electron chi connectivity index (χ4n) is 1.95. The standard InChI is InChI=1S/C18H22O3/c19-13-5-2-6-14-20-17-9-11-18(12-10-17)21-15-16-7-3-1-4-8-16/h1,3-4,7-12,19H,2,5-6,13-15H2. The van der Waals surface area contributed by atoms with Crippen LogP contribution in [0.15, 0.2) is 54.6 Å². The third kappa shape index (κ3) is 5.88. The van der Waals surface area contributed by atoms with Crippen LogP contribution in [0.25, 0.3) is 0 Å². The van der Waals surface area contributed by atoms with E-state index >= 15 is 0 Å². The number of ether oxygens (including phenoxy) is 2. The van der Waals surface area contributed by atoms with Crippen molar-refractivity contribution in [3.8, 4) is 11.5 Å². The van der Waals surface area contributed by atoms with Gasteiger partial charge in [0.2, 0.25) is 0 Å². The van der Waals surface area contributed by atoms with Gasteiger partial charge in [0.15, 0.2) is 0 Å². The number of unbranched alkanes of at least 4 members (excludes halogenated alkanes) is 2. The van der Waals surface area contributed by atoms with Crippen LogP contribution in [-0.4, -0.2) is 18.3 Å². The zero-order chi connectivity index (χ0) is 14.8.